The van der Waals surface area contributed by atoms with Gasteiger partial charge < -0.3 is 10.6 Å². The zero-order valence-corrected chi connectivity index (χ0v) is 12.8. The summed E-state index contributed by atoms with van der Waals surface area (Å²) in [6.45, 7) is 1.04. The fourth-order valence-electron chi connectivity index (χ4n) is 2.12. The number of nitrogens with zero attached hydrogens (tertiary/aromatic N) is 2. The quantitative estimate of drug-likeness (QED) is 0.719. The Kier molecular flexibility index (Phi) is 4.96. The Labute approximate surface area is 138 Å². The Hall–Kier alpha value is -3.02. The fourth-order valence-corrected chi connectivity index (χ4v) is 2.12. The van der Waals surface area contributed by atoms with Gasteiger partial charge in [0.2, 0.25) is 5.95 Å². The van der Waals surface area contributed by atoms with E-state index in [2.05, 4.69) is 20.6 Å². The summed E-state index contributed by atoms with van der Waals surface area (Å²) in [5.41, 5.74) is 1.89. The normalized spacial score (nSPS) is 10.4. The highest BCUT2D eigenvalue weighted by molar-refractivity contribution is 5.40. The summed E-state index contributed by atoms with van der Waals surface area (Å²) >= 11 is 0. The minimum absolute atomic E-state index is 0.256. The topological polar surface area (TPSA) is 49.8 Å². The minimum Gasteiger partial charge on any atom is -0.366 e. The molecule has 4 nitrogen and oxygen atoms in total. The van der Waals surface area contributed by atoms with Crippen LogP contribution in [0.1, 0.15) is 11.1 Å². The molecule has 0 saturated heterocycles. The molecule has 0 bridgehead atoms. The number of benzene rings is 2. The number of aromatic nitrogens is 2. The lowest BCUT2D eigenvalue weighted by Crippen LogP contribution is -2.06. The summed E-state index contributed by atoms with van der Waals surface area (Å²) in [6, 6.07) is 14.3. The number of halogens is 2. The van der Waals surface area contributed by atoms with E-state index in [1.54, 1.807) is 36.5 Å². The number of hydrogen-bond acceptors (Lipinski definition) is 4. The zero-order chi connectivity index (χ0) is 16.8. The number of rotatable bonds is 6. The third-order valence-electron chi connectivity index (χ3n) is 3.41. The summed E-state index contributed by atoms with van der Waals surface area (Å²) in [4.78, 5) is 8.51. The van der Waals surface area contributed by atoms with Gasteiger partial charge in [-0.25, -0.2) is 13.8 Å². The van der Waals surface area contributed by atoms with Crippen LogP contribution < -0.4 is 10.6 Å². The van der Waals surface area contributed by atoms with Crippen molar-refractivity contribution in [3.63, 3.8) is 0 Å². The Morgan fingerprint density at radius 3 is 1.83 bits per heavy atom. The van der Waals surface area contributed by atoms with Gasteiger partial charge in [-0.3, -0.25) is 0 Å². The van der Waals surface area contributed by atoms with E-state index in [4.69, 9.17) is 0 Å². The van der Waals surface area contributed by atoms with Gasteiger partial charge in [0, 0.05) is 19.3 Å². The lowest BCUT2D eigenvalue weighted by atomic mass is 10.2. The smallest absolute Gasteiger partial charge is 0.224 e. The third-order valence-corrected chi connectivity index (χ3v) is 3.41. The lowest BCUT2D eigenvalue weighted by molar-refractivity contribution is 0.626. The van der Waals surface area contributed by atoms with Crippen LogP contribution >= 0.6 is 0 Å². The van der Waals surface area contributed by atoms with E-state index in [0.717, 1.165) is 11.1 Å². The maximum atomic E-state index is 12.9. The number of nitrogens with one attached hydrogen (secondary N) is 2. The average Bonchev–Trinajstić information content (AvgIpc) is 2.61. The van der Waals surface area contributed by atoms with E-state index < -0.39 is 0 Å². The van der Waals surface area contributed by atoms with Gasteiger partial charge >= 0.3 is 0 Å². The second kappa shape index (κ2) is 7.50. The van der Waals surface area contributed by atoms with E-state index in [-0.39, 0.29) is 11.6 Å². The first-order valence-corrected chi connectivity index (χ1v) is 7.49. The molecular weight excluding hydrogens is 310 g/mol. The molecular formula is C18H16F2N4. The van der Waals surface area contributed by atoms with E-state index in [1.807, 2.05) is 0 Å². The molecule has 2 N–H and O–H groups in total. The molecule has 3 aromatic rings. The SMILES string of the molecule is Fc1ccc(CNc2ccnc(NCc3ccc(F)cc3)n2)cc1. The molecule has 0 spiro atoms. The van der Waals surface area contributed by atoms with Crippen molar-refractivity contribution in [2.24, 2.45) is 0 Å². The molecule has 2 aromatic carbocycles. The molecule has 6 heteroatoms. The van der Waals surface area contributed by atoms with Gasteiger partial charge in [-0.2, -0.15) is 4.98 Å². The van der Waals surface area contributed by atoms with Crippen LogP contribution in [0.4, 0.5) is 20.5 Å². The van der Waals surface area contributed by atoms with Crippen molar-refractivity contribution in [2.45, 2.75) is 13.1 Å². The molecule has 0 saturated carbocycles. The van der Waals surface area contributed by atoms with Crippen LogP contribution in [0, 0.1) is 11.6 Å². The van der Waals surface area contributed by atoms with Gasteiger partial charge in [0.25, 0.3) is 0 Å². The number of hydrogen-bond donors (Lipinski definition) is 2. The van der Waals surface area contributed by atoms with Crippen molar-refractivity contribution in [2.75, 3.05) is 10.6 Å². The van der Waals surface area contributed by atoms with E-state index in [9.17, 15) is 8.78 Å². The maximum absolute atomic E-state index is 12.9. The lowest BCUT2D eigenvalue weighted by Gasteiger charge is -2.08. The van der Waals surface area contributed by atoms with Crippen LogP contribution in [0.15, 0.2) is 60.8 Å². The monoisotopic (exact) mass is 326 g/mol. The summed E-state index contributed by atoms with van der Waals surface area (Å²) in [7, 11) is 0. The Morgan fingerprint density at radius 2 is 1.25 bits per heavy atom. The zero-order valence-electron chi connectivity index (χ0n) is 12.8. The van der Waals surface area contributed by atoms with Crippen molar-refractivity contribution in [1.29, 1.82) is 0 Å². The van der Waals surface area contributed by atoms with E-state index in [1.165, 1.54) is 24.3 Å². The predicted molar refractivity (Wildman–Crippen MR) is 89.5 cm³/mol. The second-order valence-corrected chi connectivity index (χ2v) is 5.23. The van der Waals surface area contributed by atoms with Gasteiger partial charge in [-0.15, -0.1) is 0 Å². The van der Waals surface area contributed by atoms with Crippen LogP contribution in [0.5, 0.6) is 0 Å². The predicted octanol–water partition coefficient (Wildman–Crippen LogP) is 3.98. The molecule has 3 rings (SSSR count). The summed E-state index contributed by atoms with van der Waals surface area (Å²) < 4.78 is 25.8. The van der Waals surface area contributed by atoms with Gasteiger partial charge in [0.15, 0.2) is 0 Å². The second-order valence-electron chi connectivity index (χ2n) is 5.23. The molecule has 0 unspecified atom stereocenters. The molecule has 1 aromatic heterocycles. The van der Waals surface area contributed by atoms with Crippen molar-refractivity contribution < 1.29 is 8.78 Å². The first-order valence-electron chi connectivity index (χ1n) is 7.49. The van der Waals surface area contributed by atoms with Gasteiger partial charge in [-0.05, 0) is 41.5 Å². The molecule has 0 fully saturated rings. The van der Waals surface area contributed by atoms with Crippen LogP contribution in [0.25, 0.3) is 0 Å². The average molecular weight is 326 g/mol. The van der Waals surface area contributed by atoms with Crippen molar-refractivity contribution in [3.8, 4) is 0 Å². The Bertz CT molecular complexity index is 724. The summed E-state index contributed by atoms with van der Waals surface area (Å²) in [6.07, 6.45) is 1.65. The Balaban J connectivity index is 1.57. The minimum atomic E-state index is -0.262. The molecule has 0 aliphatic carbocycles. The standard InChI is InChI=1S/C18H16F2N4/c19-15-5-1-13(2-6-15)11-22-17-9-10-21-18(24-17)23-12-14-3-7-16(20)8-4-14/h1-10H,11-12H2,(H2,21,22,23,24). The van der Waals surface area contributed by atoms with Gasteiger partial charge in [-0.1, -0.05) is 24.3 Å². The maximum Gasteiger partial charge on any atom is 0.224 e. The van der Waals surface area contributed by atoms with Crippen LogP contribution in [0.3, 0.4) is 0 Å². The fraction of sp³-hybridized carbons (Fsp3) is 0.111. The summed E-state index contributed by atoms with van der Waals surface area (Å²) in [5, 5.41) is 6.26. The molecule has 0 amide bonds. The van der Waals surface area contributed by atoms with E-state index in [0.29, 0.717) is 24.9 Å². The van der Waals surface area contributed by atoms with Crippen molar-refractivity contribution in [3.05, 3.63) is 83.6 Å². The largest absolute Gasteiger partial charge is 0.366 e. The first-order chi connectivity index (χ1) is 11.7. The van der Waals surface area contributed by atoms with Gasteiger partial charge in [0.1, 0.15) is 17.5 Å². The Morgan fingerprint density at radius 1 is 0.708 bits per heavy atom. The highest BCUT2D eigenvalue weighted by Gasteiger charge is 2.01. The summed E-state index contributed by atoms with van der Waals surface area (Å²) in [5.74, 6) is 0.620. The first kappa shape index (κ1) is 15.9. The molecule has 0 atom stereocenters. The van der Waals surface area contributed by atoms with Gasteiger partial charge in [0.05, 0.1) is 0 Å². The van der Waals surface area contributed by atoms with Crippen LogP contribution in [-0.2, 0) is 13.1 Å². The molecule has 0 radical (unpaired) electrons. The molecule has 1 heterocycles. The van der Waals surface area contributed by atoms with Crippen molar-refractivity contribution in [1.82, 2.24) is 9.97 Å². The highest BCUT2D eigenvalue weighted by Crippen LogP contribution is 2.10. The molecule has 24 heavy (non-hydrogen) atoms. The van der Waals surface area contributed by atoms with E-state index >= 15 is 0 Å². The van der Waals surface area contributed by atoms with Crippen LogP contribution in [0.2, 0.25) is 0 Å². The molecule has 0 aliphatic heterocycles. The van der Waals surface area contributed by atoms with Crippen molar-refractivity contribution >= 4 is 11.8 Å². The highest BCUT2D eigenvalue weighted by atomic mass is 19.1. The number of anilines is 2. The van der Waals surface area contributed by atoms with Crippen LogP contribution in [-0.4, -0.2) is 9.97 Å². The molecule has 0 aliphatic rings. The third kappa shape index (κ3) is 4.49. The molecule has 122 valence electrons.